The minimum atomic E-state index is 1.19. The molecule has 0 saturated carbocycles. The van der Waals surface area contributed by atoms with Crippen LogP contribution in [0.1, 0.15) is 52.9 Å². The average molecular weight is 166 g/mol. The first-order valence-corrected chi connectivity index (χ1v) is 5.19. The number of hydrogen-bond donors (Lipinski definition) is 0. The third-order valence-electron chi connectivity index (χ3n) is 2.10. The molecule has 0 atom stereocenters. The van der Waals surface area contributed by atoms with Crippen molar-refractivity contribution in [3.8, 4) is 0 Å². The van der Waals surface area contributed by atoms with Crippen LogP contribution in [0.3, 0.4) is 0 Å². The minimum absolute atomic E-state index is 1.19. The van der Waals surface area contributed by atoms with Gasteiger partial charge in [0.25, 0.3) is 0 Å². The van der Waals surface area contributed by atoms with Crippen molar-refractivity contribution in [2.45, 2.75) is 52.9 Å². The van der Waals surface area contributed by atoms with Crippen LogP contribution < -0.4 is 0 Å². The largest absolute Gasteiger partial charge is 0.0845 e. The van der Waals surface area contributed by atoms with Crippen LogP contribution in [-0.2, 0) is 0 Å². The number of unbranched alkanes of at least 4 members (excludes halogenated alkanes) is 2. The van der Waals surface area contributed by atoms with E-state index in [0.717, 1.165) is 0 Å². The Hall–Kier alpha value is -0.520. The lowest BCUT2D eigenvalue weighted by atomic mass is 10.1. The highest BCUT2D eigenvalue weighted by Gasteiger charge is 1.85. The SMILES string of the molecule is CCCC/C=C/C=C(CC)CC. The zero-order chi connectivity index (χ0) is 9.23. The Morgan fingerprint density at radius 2 is 1.75 bits per heavy atom. The molecule has 0 aromatic heterocycles. The second-order valence-electron chi connectivity index (χ2n) is 3.10. The average Bonchev–Trinajstić information content (AvgIpc) is 2.11. The monoisotopic (exact) mass is 166 g/mol. The summed E-state index contributed by atoms with van der Waals surface area (Å²) >= 11 is 0. The summed E-state index contributed by atoms with van der Waals surface area (Å²) in [5, 5.41) is 0. The van der Waals surface area contributed by atoms with Gasteiger partial charge in [-0.15, -0.1) is 0 Å². The summed E-state index contributed by atoms with van der Waals surface area (Å²) in [7, 11) is 0. The molecule has 0 aliphatic carbocycles. The molecule has 0 nitrogen and oxygen atoms in total. The van der Waals surface area contributed by atoms with Gasteiger partial charge < -0.3 is 0 Å². The molecule has 0 fully saturated rings. The van der Waals surface area contributed by atoms with Crippen LogP contribution in [0.15, 0.2) is 23.8 Å². The summed E-state index contributed by atoms with van der Waals surface area (Å²) in [5.74, 6) is 0. The van der Waals surface area contributed by atoms with Gasteiger partial charge in [0.15, 0.2) is 0 Å². The fourth-order valence-corrected chi connectivity index (χ4v) is 1.11. The summed E-state index contributed by atoms with van der Waals surface area (Å²) in [6.45, 7) is 6.66. The van der Waals surface area contributed by atoms with Gasteiger partial charge in [-0.1, -0.05) is 57.4 Å². The fourth-order valence-electron chi connectivity index (χ4n) is 1.11. The number of hydrogen-bond acceptors (Lipinski definition) is 0. The highest BCUT2D eigenvalue weighted by Crippen LogP contribution is 2.05. The van der Waals surface area contributed by atoms with Crippen LogP contribution in [0, 0.1) is 0 Å². The Kier molecular flexibility index (Phi) is 8.20. The van der Waals surface area contributed by atoms with E-state index >= 15 is 0 Å². The van der Waals surface area contributed by atoms with Crippen LogP contribution in [0.2, 0.25) is 0 Å². The Balaban J connectivity index is 3.60. The van der Waals surface area contributed by atoms with E-state index in [9.17, 15) is 0 Å². The van der Waals surface area contributed by atoms with Gasteiger partial charge in [-0.25, -0.2) is 0 Å². The molecule has 0 saturated heterocycles. The number of allylic oxidation sites excluding steroid dienone is 4. The second kappa shape index (κ2) is 8.58. The Morgan fingerprint density at radius 1 is 1.08 bits per heavy atom. The molecule has 0 amide bonds. The first-order valence-electron chi connectivity index (χ1n) is 5.19. The Morgan fingerprint density at radius 3 is 2.25 bits per heavy atom. The van der Waals surface area contributed by atoms with E-state index in [4.69, 9.17) is 0 Å². The van der Waals surface area contributed by atoms with Gasteiger partial charge in [0.1, 0.15) is 0 Å². The molecule has 0 aromatic carbocycles. The molecule has 0 unspecified atom stereocenters. The third kappa shape index (κ3) is 6.21. The van der Waals surface area contributed by atoms with Crippen molar-refractivity contribution < 1.29 is 0 Å². The third-order valence-corrected chi connectivity index (χ3v) is 2.10. The molecule has 0 heterocycles. The van der Waals surface area contributed by atoms with Crippen molar-refractivity contribution in [1.29, 1.82) is 0 Å². The van der Waals surface area contributed by atoms with Gasteiger partial charge >= 0.3 is 0 Å². The quantitative estimate of drug-likeness (QED) is 0.403. The molecule has 70 valence electrons. The summed E-state index contributed by atoms with van der Waals surface area (Å²) in [4.78, 5) is 0. The van der Waals surface area contributed by atoms with Crippen LogP contribution in [0.25, 0.3) is 0 Å². The maximum absolute atomic E-state index is 2.27. The molecule has 0 spiro atoms. The van der Waals surface area contributed by atoms with Crippen LogP contribution in [0.5, 0.6) is 0 Å². The summed E-state index contributed by atoms with van der Waals surface area (Å²) in [6, 6.07) is 0. The van der Waals surface area contributed by atoms with Crippen LogP contribution in [0.4, 0.5) is 0 Å². The molecule has 12 heavy (non-hydrogen) atoms. The van der Waals surface area contributed by atoms with Gasteiger partial charge in [-0.2, -0.15) is 0 Å². The lowest BCUT2D eigenvalue weighted by molar-refractivity contribution is 0.814. The second-order valence-corrected chi connectivity index (χ2v) is 3.10. The molecular formula is C12H22. The molecule has 0 heteroatoms. The molecule has 0 N–H and O–H groups in total. The van der Waals surface area contributed by atoms with Gasteiger partial charge in [-0.05, 0) is 19.3 Å². The van der Waals surface area contributed by atoms with Gasteiger partial charge in [0.05, 0.1) is 0 Å². The Bertz CT molecular complexity index is 134. The van der Waals surface area contributed by atoms with Gasteiger partial charge in [-0.3, -0.25) is 0 Å². The molecular weight excluding hydrogens is 144 g/mol. The van der Waals surface area contributed by atoms with E-state index in [1.165, 1.54) is 32.1 Å². The van der Waals surface area contributed by atoms with E-state index in [-0.39, 0.29) is 0 Å². The molecule has 0 aromatic rings. The van der Waals surface area contributed by atoms with Crippen molar-refractivity contribution in [1.82, 2.24) is 0 Å². The lowest BCUT2D eigenvalue weighted by Crippen LogP contribution is -1.74. The molecule has 0 aliphatic rings. The maximum Gasteiger partial charge on any atom is -0.0346 e. The van der Waals surface area contributed by atoms with Gasteiger partial charge in [0, 0.05) is 0 Å². The van der Waals surface area contributed by atoms with E-state index < -0.39 is 0 Å². The van der Waals surface area contributed by atoms with Crippen molar-refractivity contribution in [3.63, 3.8) is 0 Å². The zero-order valence-corrected chi connectivity index (χ0v) is 8.77. The van der Waals surface area contributed by atoms with E-state index in [2.05, 4.69) is 39.0 Å². The fraction of sp³-hybridized carbons (Fsp3) is 0.667. The predicted octanol–water partition coefficient (Wildman–Crippen LogP) is 4.48. The highest BCUT2D eigenvalue weighted by molar-refractivity contribution is 5.11. The smallest absolute Gasteiger partial charge is 0.0346 e. The summed E-state index contributed by atoms with van der Waals surface area (Å²) in [6.07, 6.45) is 13.0. The Labute approximate surface area is 77.4 Å². The predicted molar refractivity (Wildman–Crippen MR) is 57.3 cm³/mol. The molecule has 0 radical (unpaired) electrons. The molecule has 0 bridgehead atoms. The zero-order valence-electron chi connectivity index (χ0n) is 8.77. The van der Waals surface area contributed by atoms with Crippen LogP contribution >= 0.6 is 0 Å². The summed E-state index contributed by atoms with van der Waals surface area (Å²) < 4.78 is 0. The lowest BCUT2D eigenvalue weighted by Gasteiger charge is -1.95. The summed E-state index contributed by atoms with van der Waals surface area (Å²) in [5.41, 5.74) is 1.54. The van der Waals surface area contributed by atoms with Crippen molar-refractivity contribution in [2.75, 3.05) is 0 Å². The highest BCUT2D eigenvalue weighted by atomic mass is 13.9. The first-order chi connectivity index (χ1) is 5.85. The van der Waals surface area contributed by atoms with E-state index in [0.29, 0.717) is 0 Å². The standard InChI is InChI=1S/C12H22/c1-4-7-8-9-10-11-12(5-2)6-3/h9-11H,4-8H2,1-3H3/b10-9+. The van der Waals surface area contributed by atoms with Crippen molar-refractivity contribution in [2.24, 2.45) is 0 Å². The topological polar surface area (TPSA) is 0 Å². The maximum atomic E-state index is 2.27. The molecule has 0 aliphatic heterocycles. The van der Waals surface area contributed by atoms with E-state index in [1.54, 1.807) is 5.57 Å². The van der Waals surface area contributed by atoms with Crippen LogP contribution in [-0.4, -0.2) is 0 Å². The van der Waals surface area contributed by atoms with Crippen molar-refractivity contribution >= 4 is 0 Å². The van der Waals surface area contributed by atoms with E-state index in [1.807, 2.05) is 0 Å². The first kappa shape index (κ1) is 11.5. The van der Waals surface area contributed by atoms with Crippen molar-refractivity contribution in [3.05, 3.63) is 23.8 Å². The van der Waals surface area contributed by atoms with Gasteiger partial charge in [0.2, 0.25) is 0 Å². The normalized spacial score (nSPS) is 10.6. The minimum Gasteiger partial charge on any atom is -0.0845 e. The number of rotatable bonds is 6. The molecule has 0 rings (SSSR count).